The van der Waals surface area contributed by atoms with Gasteiger partial charge in [0.2, 0.25) is 5.91 Å². The lowest BCUT2D eigenvalue weighted by atomic mass is 10.0. The zero-order chi connectivity index (χ0) is 20.5. The van der Waals surface area contributed by atoms with Gasteiger partial charge in [-0.2, -0.15) is 10.4 Å². The van der Waals surface area contributed by atoms with E-state index >= 15 is 0 Å². The van der Waals surface area contributed by atoms with Crippen molar-refractivity contribution in [2.75, 3.05) is 5.75 Å². The average Bonchev–Trinajstić information content (AvgIpc) is 3.11. The van der Waals surface area contributed by atoms with Gasteiger partial charge < -0.3 is 5.32 Å². The highest BCUT2D eigenvalue weighted by atomic mass is 32.2. The van der Waals surface area contributed by atoms with Gasteiger partial charge >= 0.3 is 0 Å². The van der Waals surface area contributed by atoms with Crippen molar-refractivity contribution in [2.45, 2.75) is 44.0 Å². The molecule has 29 heavy (non-hydrogen) atoms. The third kappa shape index (κ3) is 3.70. The zero-order valence-electron chi connectivity index (χ0n) is 16.2. The van der Waals surface area contributed by atoms with Crippen molar-refractivity contribution >= 4 is 23.3 Å². The van der Waals surface area contributed by atoms with E-state index in [0.29, 0.717) is 24.1 Å². The summed E-state index contributed by atoms with van der Waals surface area (Å²) in [5, 5.41) is 16.5. The second-order valence-corrected chi connectivity index (χ2v) is 8.24. The predicted octanol–water partition coefficient (Wildman–Crippen LogP) is 3.64. The molecule has 4 rings (SSSR count). The molecule has 0 radical (unpaired) electrons. The summed E-state index contributed by atoms with van der Waals surface area (Å²) in [6.45, 7) is 3.80. The van der Waals surface area contributed by atoms with Crippen molar-refractivity contribution in [3.05, 3.63) is 58.3 Å². The molecule has 1 N–H and O–H groups in total. The zero-order valence-corrected chi connectivity index (χ0v) is 17.0. The number of benzene rings is 1. The molecule has 2 aromatic heterocycles. The molecular weight excluding hydrogens is 389 g/mol. The van der Waals surface area contributed by atoms with E-state index in [1.165, 1.54) is 18.3 Å². The summed E-state index contributed by atoms with van der Waals surface area (Å²) in [6, 6.07) is 6.68. The van der Waals surface area contributed by atoms with Crippen molar-refractivity contribution in [1.29, 1.82) is 5.26 Å². The summed E-state index contributed by atoms with van der Waals surface area (Å²) in [5.74, 6) is 0.532. The Labute approximate surface area is 172 Å². The Bertz CT molecular complexity index is 1150. The molecule has 8 heteroatoms. The van der Waals surface area contributed by atoms with Gasteiger partial charge in [0.15, 0.2) is 5.65 Å². The van der Waals surface area contributed by atoms with Gasteiger partial charge in [-0.15, -0.1) is 11.8 Å². The largest absolute Gasteiger partial charge is 0.349 e. The van der Waals surface area contributed by atoms with Crippen molar-refractivity contribution in [3.8, 4) is 6.07 Å². The van der Waals surface area contributed by atoms with E-state index in [2.05, 4.69) is 21.5 Å². The van der Waals surface area contributed by atoms with Gasteiger partial charge in [0, 0.05) is 28.5 Å². The van der Waals surface area contributed by atoms with Crippen LogP contribution in [0.25, 0.3) is 5.65 Å². The first-order valence-corrected chi connectivity index (χ1v) is 10.4. The molecule has 0 saturated carbocycles. The molecular formula is C21H20FN5OS. The minimum Gasteiger partial charge on any atom is -0.349 e. The number of aromatic nitrogens is 3. The number of hydrogen-bond donors (Lipinski definition) is 1. The number of amides is 1. The summed E-state index contributed by atoms with van der Waals surface area (Å²) >= 11 is 1.69. The Kier molecular flexibility index (Phi) is 5.24. The molecule has 1 aromatic carbocycles. The predicted molar refractivity (Wildman–Crippen MR) is 108 cm³/mol. The summed E-state index contributed by atoms with van der Waals surface area (Å²) in [6.07, 6.45) is 3.10. The standard InChI is InChI=1S/C21H20FN5OS/c1-12-16(13(2)27-21(25-12)14(10-23)11-24-27)4-6-20(28)26-18-7-8-29-19-5-3-15(22)9-17(18)19/h3,5,9,11,18H,4,6-8H2,1-2H3,(H,26,28). The fraction of sp³-hybridized carbons (Fsp3) is 0.333. The van der Waals surface area contributed by atoms with Gasteiger partial charge in [0.25, 0.3) is 0 Å². The van der Waals surface area contributed by atoms with Crippen LogP contribution >= 0.6 is 11.8 Å². The number of aryl methyl sites for hydroxylation is 2. The van der Waals surface area contributed by atoms with Crippen LogP contribution in [0.5, 0.6) is 0 Å². The second-order valence-electron chi connectivity index (χ2n) is 7.11. The number of nitriles is 1. The van der Waals surface area contributed by atoms with E-state index in [1.54, 1.807) is 22.3 Å². The van der Waals surface area contributed by atoms with Gasteiger partial charge in [-0.05, 0) is 56.0 Å². The number of nitrogens with one attached hydrogen (secondary N) is 1. The first-order chi connectivity index (χ1) is 14.0. The minimum absolute atomic E-state index is 0.0748. The van der Waals surface area contributed by atoms with Crippen molar-refractivity contribution in [1.82, 2.24) is 19.9 Å². The third-order valence-corrected chi connectivity index (χ3v) is 6.40. The summed E-state index contributed by atoms with van der Waals surface area (Å²) in [4.78, 5) is 18.1. The van der Waals surface area contributed by atoms with Crippen LogP contribution in [0.2, 0.25) is 0 Å². The monoisotopic (exact) mass is 409 g/mol. The summed E-state index contributed by atoms with van der Waals surface area (Å²) in [5.41, 5.74) is 4.44. The quantitative estimate of drug-likeness (QED) is 0.711. The van der Waals surface area contributed by atoms with Crippen molar-refractivity contribution in [2.24, 2.45) is 0 Å². The highest BCUT2D eigenvalue weighted by Crippen LogP contribution is 2.36. The fourth-order valence-electron chi connectivity index (χ4n) is 3.77. The number of thioether (sulfide) groups is 1. The maximum atomic E-state index is 13.7. The van der Waals surface area contributed by atoms with Crippen LogP contribution in [0.4, 0.5) is 4.39 Å². The summed E-state index contributed by atoms with van der Waals surface area (Å²) < 4.78 is 15.3. The van der Waals surface area contributed by atoms with Crippen LogP contribution in [-0.4, -0.2) is 26.3 Å². The van der Waals surface area contributed by atoms with Gasteiger partial charge in [-0.25, -0.2) is 13.9 Å². The van der Waals surface area contributed by atoms with Crippen LogP contribution < -0.4 is 5.32 Å². The number of nitrogens with zero attached hydrogens (tertiary/aromatic N) is 4. The lowest BCUT2D eigenvalue weighted by Gasteiger charge is -2.26. The minimum atomic E-state index is -0.285. The number of fused-ring (bicyclic) bond motifs is 2. The molecule has 0 spiro atoms. The maximum Gasteiger partial charge on any atom is 0.220 e. The second kappa shape index (κ2) is 7.84. The molecule has 1 unspecified atom stereocenters. The number of halogens is 1. The normalized spacial score (nSPS) is 15.7. The number of hydrogen-bond acceptors (Lipinski definition) is 5. The molecule has 1 aliphatic heterocycles. The van der Waals surface area contributed by atoms with Crippen LogP contribution in [0, 0.1) is 31.0 Å². The third-order valence-electron chi connectivity index (χ3n) is 5.28. The fourth-order valence-corrected chi connectivity index (χ4v) is 4.88. The van der Waals surface area contributed by atoms with E-state index in [1.807, 2.05) is 13.8 Å². The molecule has 1 amide bonds. The van der Waals surface area contributed by atoms with E-state index < -0.39 is 0 Å². The Morgan fingerprint density at radius 3 is 3.07 bits per heavy atom. The SMILES string of the molecule is Cc1nc2c(C#N)cnn2c(C)c1CCC(=O)NC1CCSc2ccc(F)cc21. The van der Waals surface area contributed by atoms with Crippen LogP contribution in [0.15, 0.2) is 29.3 Å². The van der Waals surface area contributed by atoms with Crippen molar-refractivity contribution < 1.29 is 9.18 Å². The van der Waals surface area contributed by atoms with Gasteiger partial charge in [-0.3, -0.25) is 4.79 Å². The van der Waals surface area contributed by atoms with E-state index in [-0.39, 0.29) is 17.8 Å². The summed E-state index contributed by atoms with van der Waals surface area (Å²) in [7, 11) is 0. The molecule has 0 saturated heterocycles. The Morgan fingerprint density at radius 2 is 2.28 bits per heavy atom. The first kappa shape index (κ1) is 19.4. The van der Waals surface area contributed by atoms with Crippen LogP contribution in [0.1, 0.15) is 47.0 Å². The highest BCUT2D eigenvalue weighted by Gasteiger charge is 2.23. The van der Waals surface area contributed by atoms with E-state index in [4.69, 9.17) is 0 Å². The van der Waals surface area contributed by atoms with Crippen molar-refractivity contribution in [3.63, 3.8) is 0 Å². The van der Waals surface area contributed by atoms with Gasteiger partial charge in [0.05, 0.1) is 12.2 Å². The topological polar surface area (TPSA) is 83.1 Å². The number of carbonyl (C=O) groups excluding carboxylic acids is 1. The van der Waals surface area contributed by atoms with E-state index in [9.17, 15) is 14.4 Å². The van der Waals surface area contributed by atoms with Crippen LogP contribution in [-0.2, 0) is 11.2 Å². The molecule has 1 atom stereocenters. The Morgan fingerprint density at radius 1 is 1.45 bits per heavy atom. The Balaban J connectivity index is 1.49. The van der Waals surface area contributed by atoms with Gasteiger partial charge in [0.1, 0.15) is 17.4 Å². The van der Waals surface area contributed by atoms with E-state index in [0.717, 1.165) is 39.6 Å². The lowest BCUT2D eigenvalue weighted by molar-refractivity contribution is -0.121. The van der Waals surface area contributed by atoms with Gasteiger partial charge in [-0.1, -0.05) is 0 Å². The molecule has 0 aliphatic carbocycles. The molecule has 0 fully saturated rings. The molecule has 148 valence electrons. The average molecular weight is 409 g/mol. The molecule has 1 aliphatic rings. The molecule has 0 bridgehead atoms. The van der Waals surface area contributed by atoms with Crippen LogP contribution in [0.3, 0.4) is 0 Å². The Hall–Kier alpha value is -2.92. The number of rotatable bonds is 4. The molecule has 3 heterocycles. The number of carbonyl (C=O) groups is 1. The molecule has 6 nitrogen and oxygen atoms in total. The lowest BCUT2D eigenvalue weighted by Crippen LogP contribution is -2.31. The highest BCUT2D eigenvalue weighted by molar-refractivity contribution is 7.99. The molecule has 3 aromatic rings. The smallest absolute Gasteiger partial charge is 0.220 e. The maximum absolute atomic E-state index is 13.7. The first-order valence-electron chi connectivity index (χ1n) is 9.43.